The second-order valence-electron chi connectivity index (χ2n) is 3.98. The highest BCUT2D eigenvalue weighted by Crippen LogP contribution is 2.37. The molecule has 0 rings (SSSR count). The van der Waals surface area contributed by atoms with E-state index in [-0.39, 0.29) is 11.8 Å². The molecule has 0 heterocycles. The Morgan fingerprint density at radius 1 is 1.07 bits per heavy atom. The van der Waals surface area contributed by atoms with Gasteiger partial charge in [0.1, 0.15) is 6.61 Å². The first-order chi connectivity index (χ1) is 6.89. The minimum absolute atomic E-state index is 0.0825. The fourth-order valence-electron chi connectivity index (χ4n) is 1.39. The van der Waals surface area contributed by atoms with E-state index in [0.29, 0.717) is 0 Å². The van der Waals surface area contributed by atoms with Crippen molar-refractivity contribution in [1.82, 2.24) is 0 Å². The number of halogens is 2. The van der Waals surface area contributed by atoms with Gasteiger partial charge in [-0.25, -0.2) is 8.78 Å². The largest absolute Gasteiger partial charge is 0.378 e. The number of ether oxygens (including phenoxy) is 1. The minimum Gasteiger partial charge on any atom is -0.378 e. The van der Waals surface area contributed by atoms with E-state index in [4.69, 9.17) is 0 Å². The summed E-state index contributed by atoms with van der Waals surface area (Å²) >= 11 is 0. The summed E-state index contributed by atoms with van der Waals surface area (Å²) in [6, 6.07) is 0. The maximum atomic E-state index is 13.2. The van der Waals surface area contributed by atoms with E-state index in [1.54, 1.807) is 0 Å². The smallest absolute Gasteiger partial charge is 0.271 e. The third-order valence-electron chi connectivity index (χ3n) is 2.75. The van der Waals surface area contributed by atoms with Gasteiger partial charge in [-0.2, -0.15) is 0 Å². The molecule has 0 saturated heterocycles. The molecule has 94 valence electrons. The van der Waals surface area contributed by atoms with Crippen LogP contribution in [-0.4, -0.2) is 19.6 Å². The number of hydrogen-bond donors (Lipinski definition) is 0. The Labute approximate surface area is 93.2 Å². The van der Waals surface area contributed by atoms with Crippen LogP contribution in [0, 0.1) is 5.41 Å². The van der Waals surface area contributed by atoms with Gasteiger partial charge in [-0.15, -0.1) is 0 Å². The molecule has 0 amide bonds. The van der Waals surface area contributed by atoms with Crippen molar-refractivity contribution < 1.29 is 13.5 Å². The quantitative estimate of drug-likeness (QED) is 0.645. The zero-order valence-corrected chi connectivity index (χ0v) is 11.0. The number of alkyl halides is 2. The molecule has 0 aromatic heterocycles. The van der Waals surface area contributed by atoms with Crippen molar-refractivity contribution in [2.75, 3.05) is 13.7 Å². The van der Waals surface area contributed by atoms with Crippen LogP contribution in [-0.2, 0) is 4.74 Å². The van der Waals surface area contributed by atoms with E-state index >= 15 is 0 Å². The van der Waals surface area contributed by atoms with Crippen molar-refractivity contribution in [3.05, 3.63) is 0 Å². The zero-order chi connectivity index (χ0) is 12.5. The fourth-order valence-corrected chi connectivity index (χ4v) is 1.39. The molecule has 0 radical (unpaired) electrons. The van der Waals surface area contributed by atoms with E-state index < -0.39 is 12.5 Å². The SMILES string of the molecule is CC.CCC(C)(CC)CC(F)(F)COC. The molecule has 0 aromatic rings. The predicted molar refractivity (Wildman–Crippen MR) is 61.5 cm³/mol. The van der Waals surface area contributed by atoms with Crippen LogP contribution < -0.4 is 0 Å². The minimum atomic E-state index is -2.68. The number of hydrogen-bond acceptors (Lipinski definition) is 1. The number of rotatable bonds is 6. The molecular weight excluding hydrogens is 198 g/mol. The molecule has 0 spiro atoms. The summed E-state index contributed by atoms with van der Waals surface area (Å²) in [7, 11) is 1.31. The van der Waals surface area contributed by atoms with Gasteiger partial charge in [-0.05, 0) is 5.41 Å². The van der Waals surface area contributed by atoms with Crippen molar-refractivity contribution in [3.8, 4) is 0 Å². The second-order valence-corrected chi connectivity index (χ2v) is 3.98. The third-order valence-corrected chi connectivity index (χ3v) is 2.75. The normalized spacial score (nSPS) is 12.0. The van der Waals surface area contributed by atoms with Crippen molar-refractivity contribution in [2.24, 2.45) is 5.41 Å². The van der Waals surface area contributed by atoms with Crippen molar-refractivity contribution in [1.29, 1.82) is 0 Å². The Hall–Kier alpha value is -0.180. The van der Waals surface area contributed by atoms with Crippen LogP contribution in [0.2, 0.25) is 0 Å². The average Bonchev–Trinajstić information content (AvgIpc) is 2.20. The lowest BCUT2D eigenvalue weighted by atomic mass is 9.79. The monoisotopic (exact) mass is 224 g/mol. The van der Waals surface area contributed by atoms with E-state index in [0.717, 1.165) is 12.8 Å². The van der Waals surface area contributed by atoms with Gasteiger partial charge >= 0.3 is 0 Å². The summed E-state index contributed by atoms with van der Waals surface area (Å²) in [5.41, 5.74) is -0.262. The van der Waals surface area contributed by atoms with E-state index in [2.05, 4.69) is 4.74 Å². The Bertz CT molecular complexity index is 143. The van der Waals surface area contributed by atoms with E-state index in [1.165, 1.54) is 7.11 Å². The summed E-state index contributed by atoms with van der Waals surface area (Å²) in [5.74, 6) is -2.68. The molecule has 0 aromatic carbocycles. The van der Waals surface area contributed by atoms with Crippen molar-refractivity contribution >= 4 is 0 Å². The summed E-state index contributed by atoms with van der Waals surface area (Å²) in [5, 5.41) is 0. The summed E-state index contributed by atoms with van der Waals surface area (Å²) < 4.78 is 30.8. The molecule has 0 bridgehead atoms. The van der Waals surface area contributed by atoms with Gasteiger partial charge in [0.05, 0.1) is 0 Å². The molecule has 0 aliphatic heterocycles. The molecule has 0 unspecified atom stereocenters. The highest BCUT2D eigenvalue weighted by molar-refractivity contribution is 4.79. The fraction of sp³-hybridized carbons (Fsp3) is 1.00. The molecule has 0 saturated carbocycles. The van der Waals surface area contributed by atoms with Crippen LogP contribution in [0.1, 0.15) is 53.9 Å². The van der Waals surface area contributed by atoms with E-state index in [1.807, 2.05) is 34.6 Å². The topological polar surface area (TPSA) is 9.23 Å². The van der Waals surface area contributed by atoms with E-state index in [9.17, 15) is 8.78 Å². The molecule has 0 aliphatic carbocycles. The molecule has 0 N–H and O–H groups in total. The predicted octanol–water partition coefficient (Wildman–Crippen LogP) is 4.51. The molecule has 3 heteroatoms. The van der Waals surface area contributed by atoms with Crippen LogP contribution >= 0.6 is 0 Å². The van der Waals surface area contributed by atoms with Gasteiger partial charge in [0.2, 0.25) is 0 Å². The average molecular weight is 224 g/mol. The second kappa shape index (κ2) is 8.03. The maximum Gasteiger partial charge on any atom is 0.271 e. The zero-order valence-electron chi connectivity index (χ0n) is 11.0. The Kier molecular flexibility index (Phi) is 9.22. The van der Waals surface area contributed by atoms with Crippen molar-refractivity contribution in [3.63, 3.8) is 0 Å². The molecular formula is C12H26F2O. The van der Waals surface area contributed by atoms with Crippen molar-refractivity contribution in [2.45, 2.75) is 59.8 Å². The van der Waals surface area contributed by atoms with Crippen LogP contribution in [0.5, 0.6) is 0 Å². The van der Waals surface area contributed by atoms with Gasteiger partial charge in [0.15, 0.2) is 0 Å². The van der Waals surface area contributed by atoms with Gasteiger partial charge in [-0.1, -0.05) is 47.5 Å². The summed E-state index contributed by atoms with van der Waals surface area (Å²) in [6.45, 7) is 9.33. The first-order valence-electron chi connectivity index (χ1n) is 5.76. The summed E-state index contributed by atoms with van der Waals surface area (Å²) in [4.78, 5) is 0. The van der Waals surface area contributed by atoms with Gasteiger partial charge < -0.3 is 4.74 Å². The van der Waals surface area contributed by atoms with Gasteiger partial charge in [0.25, 0.3) is 5.92 Å². The Morgan fingerprint density at radius 3 is 1.73 bits per heavy atom. The lowest BCUT2D eigenvalue weighted by Crippen LogP contribution is -2.31. The highest BCUT2D eigenvalue weighted by Gasteiger charge is 2.37. The molecule has 0 atom stereocenters. The first-order valence-corrected chi connectivity index (χ1v) is 5.76. The standard InChI is InChI=1S/C10H20F2O.C2H6/c1-5-9(3,6-2)7-10(11,12)8-13-4;1-2/h5-8H2,1-4H3;1-2H3. The molecule has 1 nitrogen and oxygen atoms in total. The molecule has 15 heavy (non-hydrogen) atoms. The van der Waals surface area contributed by atoms with Gasteiger partial charge in [-0.3, -0.25) is 0 Å². The molecule has 0 aliphatic rings. The third kappa shape index (κ3) is 7.71. The van der Waals surface area contributed by atoms with Crippen LogP contribution in [0.15, 0.2) is 0 Å². The lowest BCUT2D eigenvalue weighted by molar-refractivity contribution is -0.0946. The first kappa shape index (κ1) is 17.2. The maximum absolute atomic E-state index is 13.2. The van der Waals surface area contributed by atoms with Crippen LogP contribution in [0.4, 0.5) is 8.78 Å². The molecule has 0 fully saturated rings. The van der Waals surface area contributed by atoms with Gasteiger partial charge in [0, 0.05) is 13.5 Å². The van der Waals surface area contributed by atoms with Crippen LogP contribution in [0.25, 0.3) is 0 Å². The van der Waals surface area contributed by atoms with Crippen LogP contribution in [0.3, 0.4) is 0 Å². The Morgan fingerprint density at radius 2 is 1.47 bits per heavy atom. The lowest BCUT2D eigenvalue weighted by Gasteiger charge is -2.30. The Balaban J connectivity index is 0. The number of methoxy groups -OCH3 is 1. The summed E-state index contributed by atoms with van der Waals surface area (Å²) in [6.07, 6.45) is 1.48. The highest BCUT2D eigenvalue weighted by atomic mass is 19.3.